The van der Waals surface area contributed by atoms with E-state index >= 15 is 0 Å². The Kier molecular flexibility index (Phi) is 24.0. The molecule has 0 atom stereocenters. The van der Waals surface area contributed by atoms with E-state index in [0.29, 0.717) is 6.61 Å². The second-order valence-corrected chi connectivity index (χ2v) is 8.43. The highest BCUT2D eigenvalue weighted by molar-refractivity contribution is 5.37. The first-order valence-electron chi connectivity index (χ1n) is 12.6. The lowest BCUT2D eigenvalue weighted by atomic mass is 10.1. The summed E-state index contributed by atoms with van der Waals surface area (Å²) in [6.45, 7) is 10.6. The minimum atomic E-state index is 0.539. The van der Waals surface area contributed by atoms with Gasteiger partial charge in [0.1, 0.15) is 0 Å². The van der Waals surface area contributed by atoms with Gasteiger partial charge < -0.3 is 9.64 Å². The maximum Gasteiger partial charge on any atom is 0.417 e. The Balaban J connectivity index is 3.53. The van der Waals surface area contributed by atoms with Crippen molar-refractivity contribution in [1.29, 1.82) is 0 Å². The number of nitrogens with zero attached hydrogens (tertiary/aromatic N) is 1. The molecular formula is C25H50NO2. The Labute approximate surface area is 177 Å². The second-order valence-electron chi connectivity index (χ2n) is 8.43. The van der Waals surface area contributed by atoms with Crippen molar-refractivity contribution in [3.63, 3.8) is 0 Å². The van der Waals surface area contributed by atoms with E-state index in [1.165, 1.54) is 135 Å². The highest BCUT2D eigenvalue weighted by Gasteiger charge is 2.04. The molecule has 0 heterocycles. The smallest absolute Gasteiger partial charge is 0.417 e. The molecule has 0 saturated heterocycles. The predicted octanol–water partition coefficient (Wildman–Crippen LogP) is 7.43. The summed E-state index contributed by atoms with van der Waals surface area (Å²) in [7, 11) is 0. The Hall–Kier alpha value is -0.570. The molecule has 0 aliphatic carbocycles. The zero-order chi connectivity index (χ0) is 20.5. The molecule has 1 radical (unpaired) electrons. The van der Waals surface area contributed by atoms with Crippen LogP contribution in [-0.2, 0) is 9.53 Å². The summed E-state index contributed by atoms with van der Waals surface area (Å²) in [4.78, 5) is 12.7. The van der Waals surface area contributed by atoms with Crippen LogP contribution in [0.5, 0.6) is 0 Å². The fourth-order valence-corrected chi connectivity index (χ4v) is 3.83. The predicted molar refractivity (Wildman–Crippen MR) is 123 cm³/mol. The van der Waals surface area contributed by atoms with E-state index in [0.717, 1.165) is 6.42 Å². The summed E-state index contributed by atoms with van der Waals surface area (Å²) in [5.74, 6) is 0. The Morgan fingerprint density at radius 2 is 0.893 bits per heavy atom. The van der Waals surface area contributed by atoms with Crippen LogP contribution in [0.4, 0.5) is 0 Å². The van der Waals surface area contributed by atoms with Gasteiger partial charge in [0.05, 0.1) is 6.61 Å². The topological polar surface area (TPSA) is 29.5 Å². The van der Waals surface area contributed by atoms with Gasteiger partial charge in [-0.25, -0.2) is 4.79 Å². The van der Waals surface area contributed by atoms with E-state index in [2.05, 4.69) is 23.5 Å². The molecule has 0 unspecified atom stereocenters. The zero-order valence-corrected chi connectivity index (χ0v) is 19.3. The van der Waals surface area contributed by atoms with Crippen molar-refractivity contribution in [2.24, 2.45) is 0 Å². The number of unbranched alkanes of at least 4 members (excludes halogenated alkanes) is 15. The normalized spacial score (nSPS) is 11.2. The molecule has 0 fully saturated rings. The van der Waals surface area contributed by atoms with Gasteiger partial charge >= 0.3 is 6.47 Å². The molecule has 28 heavy (non-hydrogen) atoms. The van der Waals surface area contributed by atoms with Crippen LogP contribution in [0.15, 0.2) is 0 Å². The third kappa shape index (κ3) is 21.7. The summed E-state index contributed by atoms with van der Waals surface area (Å²) >= 11 is 0. The number of rotatable bonds is 24. The fourth-order valence-electron chi connectivity index (χ4n) is 3.83. The number of ether oxygens (including phenoxy) is 1. The van der Waals surface area contributed by atoms with Crippen molar-refractivity contribution >= 4 is 6.47 Å². The third-order valence-corrected chi connectivity index (χ3v) is 5.69. The molecule has 0 aromatic heterocycles. The van der Waals surface area contributed by atoms with Crippen molar-refractivity contribution < 1.29 is 9.53 Å². The van der Waals surface area contributed by atoms with Gasteiger partial charge in [-0.15, -0.1) is 0 Å². The molecule has 0 bridgehead atoms. The van der Waals surface area contributed by atoms with Crippen LogP contribution < -0.4 is 0 Å². The van der Waals surface area contributed by atoms with Gasteiger partial charge in [-0.1, -0.05) is 104 Å². The Morgan fingerprint density at radius 1 is 0.536 bits per heavy atom. The van der Waals surface area contributed by atoms with Crippen LogP contribution in [0, 0.1) is 0 Å². The van der Waals surface area contributed by atoms with Gasteiger partial charge in [0.2, 0.25) is 0 Å². The molecule has 0 aliphatic rings. The van der Waals surface area contributed by atoms with Crippen LogP contribution in [0.3, 0.4) is 0 Å². The Bertz CT molecular complexity index is 284. The quantitative estimate of drug-likeness (QED) is 0.159. The maximum absolute atomic E-state index is 9.92. The number of carbonyl (C=O) groups excluding carboxylic acids is 1. The molecule has 0 rings (SSSR count). The summed E-state index contributed by atoms with van der Waals surface area (Å²) in [5, 5.41) is 0. The summed E-state index contributed by atoms with van der Waals surface area (Å²) in [6, 6.07) is 0. The van der Waals surface area contributed by atoms with Crippen molar-refractivity contribution in [3.05, 3.63) is 0 Å². The molecule has 0 aromatic carbocycles. The zero-order valence-electron chi connectivity index (χ0n) is 19.3. The largest absolute Gasteiger partial charge is 0.457 e. The van der Waals surface area contributed by atoms with Crippen molar-refractivity contribution in [2.75, 3.05) is 26.2 Å². The van der Waals surface area contributed by atoms with Gasteiger partial charge in [-0.05, 0) is 45.3 Å². The average molecular weight is 397 g/mol. The minimum Gasteiger partial charge on any atom is -0.457 e. The molecule has 167 valence electrons. The van der Waals surface area contributed by atoms with E-state index in [1.807, 2.05) is 0 Å². The molecule has 3 nitrogen and oxygen atoms in total. The van der Waals surface area contributed by atoms with E-state index in [4.69, 9.17) is 0 Å². The average Bonchev–Trinajstić information content (AvgIpc) is 2.71. The van der Waals surface area contributed by atoms with Crippen LogP contribution in [-0.4, -0.2) is 37.6 Å². The number of hydrogen-bond donors (Lipinski definition) is 0. The first-order valence-corrected chi connectivity index (χ1v) is 12.6. The van der Waals surface area contributed by atoms with Crippen molar-refractivity contribution in [1.82, 2.24) is 4.90 Å². The first kappa shape index (κ1) is 27.4. The van der Waals surface area contributed by atoms with Gasteiger partial charge in [0.15, 0.2) is 0 Å². The van der Waals surface area contributed by atoms with Crippen LogP contribution in [0.2, 0.25) is 0 Å². The molecule has 0 aromatic rings. The maximum atomic E-state index is 9.92. The fraction of sp³-hybridized carbons (Fsp3) is 0.960. The van der Waals surface area contributed by atoms with E-state index in [1.54, 1.807) is 0 Å². The lowest BCUT2D eigenvalue weighted by Crippen LogP contribution is -2.27. The molecule has 0 aliphatic heterocycles. The standard InChI is InChI=1S/C25H50NO2/c1-3-5-7-17-21-26(22-18-8-6-4-2)23-19-15-13-11-9-10-12-14-16-20-24-28-25-27/h3-24H2,1-2H3. The molecule has 0 saturated carbocycles. The van der Waals surface area contributed by atoms with Crippen LogP contribution in [0.25, 0.3) is 0 Å². The van der Waals surface area contributed by atoms with Crippen LogP contribution >= 0.6 is 0 Å². The minimum absolute atomic E-state index is 0.539. The molecule has 3 heteroatoms. The van der Waals surface area contributed by atoms with Gasteiger partial charge in [0, 0.05) is 0 Å². The van der Waals surface area contributed by atoms with Crippen LogP contribution in [0.1, 0.15) is 129 Å². The highest BCUT2D eigenvalue weighted by atomic mass is 16.5. The summed E-state index contributed by atoms with van der Waals surface area (Å²) in [5.41, 5.74) is 0. The highest BCUT2D eigenvalue weighted by Crippen LogP contribution is 2.12. The first-order chi connectivity index (χ1) is 13.8. The Morgan fingerprint density at radius 3 is 1.29 bits per heavy atom. The number of hydrogen-bond acceptors (Lipinski definition) is 3. The molecular weight excluding hydrogens is 346 g/mol. The monoisotopic (exact) mass is 396 g/mol. The third-order valence-electron chi connectivity index (χ3n) is 5.69. The molecule has 0 N–H and O–H groups in total. The lowest BCUT2D eigenvalue weighted by molar-refractivity contribution is 0.254. The summed E-state index contributed by atoms with van der Waals surface area (Å²) in [6.07, 6.45) is 24.2. The SMILES string of the molecule is CCCCCCN(CCCCCC)CCCCCCCCCCCCO[C]=O. The van der Waals surface area contributed by atoms with Gasteiger partial charge in [0.25, 0.3) is 0 Å². The summed E-state index contributed by atoms with van der Waals surface area (Å²) < 4.78 is 4.59. The molecule has 0 amide bonds. The molecule has 0 spiro atoms. The van der Waals surface area contributed by atoms with E-state index in [9.17, 15) is 4.79 Å². The van der Waals surface area contributed by atoms with E-state index < -0.39 is 0 Å². The van der Waals surface area contributed by atoms with Gasteiger partial charge in [-0.3, -0.25) is 0 Å². The van der Waals surface area contributed by atoms with E-state index in [-0.39, 0.29) is 0 Å². The van der Waals surface area contributed by atoms with Gasteiger partial charge in [-0.2, -0.15) is 0 Å². The van der Waals surface area contributed by atoms with Crippen molar-refractivity contribution in [2.45, 2.75) is 129 Å². The lowest BCUT2D eigenvalue weighted by Gasteiger charge is -2.22. The second kappa shape index (κ2) is 24.5. The van der Waals surface area contributed by atoms with Crippen molar-refractivity contribution in [3.8, 4) is 0 Å².